The number of halogens is 3. The predicted octanol–water partition coefficient (Wildman–Crippen LogP) is 5.20. The quantitative estimate of drug-likeness (QED) is 0.435. The normalized spacial score (nSPS) is 11.9. The molecule has 4 nitrogen and oxygen atoms in total. The maximum absolute atomic E-state index is 11.2. The van der Waals surface area contributed by atoms with Crippen LogP contribution in [0, 0.1) is 0 Å². The molecule has 1 aromatic rings. The van der Waals surface area contributed by atoms with Crippen molar-refractivity contribution >= 4 is 46.5 Å². The number of azo groups is 1. The molecule has 102 valence electrons. The molecule has 7 heteroatoms. The molecule has 0 fully saturated rings. The maximum atomic E-state index is 11.2. The summed E-state index contributed by atoms with van der Waals surface area (Å²) >= 11 is 17.7. The Kier molecular flexibility index (Phi) is 6.28. The number of rotatable bonds is 4. The molecule has 0 bridgehead atoms. The first-order chi connectivity index (χ1) is 8.93. The van der Waals surface area contributed by atoms with Crippen molar-refractivity contribution in [2.45, 2.75) is 13.8 Å². The Morgan fingerprint density at radius 3 is 2.42 bits per heavy atom. The topological polar surface area (TPSA) is 51.0 Å². The molecule has 0 saturated carbocycles. The second kappa shape index (κ2) is 7.48. The summed E-state index contributed by atoms with van der Waals surface area (Å²) in [5.74, 6) is -0.479. The molecule has 1 aromatic carbocycles. The van der Waals surface area contributed by atoms with Crippen LogP contribution in [0.2, 0.25) is 15.1 Å². The van der Waals surface area contributed by atoms with E-state index in [1.54, 1.807) is 13.8 Å². The van der Waals surface area contributed by atoms with E-state index in [-0.39, 0.29) is 10.0 Å². The molecule has 0 radical (unpaired) electrons. The fraction of sp³-hybridized carbons (Fsp3) is 0.250. The highest BCUT2D eigenvalue weighted by Crippen LogP contribution is 2.36. The summed E-state index contributed by atoms with van der Waals surface area (Å²) in [5.41, 5.74) is 0.671. The van der Waals surface area contributed by atoms with Gasteiger partial charge in [0.1, 0.15) is 5.69 Å². The highest BCUT2D eigenvalue weighted by atomic mass is 35.5. The SMILES string of the molecule is CCOC(=O)/C=C(\C)N=Nc1c(Cl)cc(Cl)cc1Cl. The smallest absolute Gasteiger partial charge is 0.332 e. The molecule has 19 heavy (non-hydrogen) atoms. The molecule has 0 aliphatic heterocycles. The first kappa shape index (κ1) is 16.0. The Labute approximate surface area is 126 Å². The number of esters is 1. The van der Waals surface area contributed by atoms with Gasteiger partial charge in [0, 0.05) is 11.1 Å². The van der Waals surface area contributed by atoms with Crippen molar-refractivity contribution in [3.63, 3.8) is 0 Å². The molecule has 0 N–H and O–H groups in total. The van der Waals surface area contributed by atoms with Gasteiger partial charge in [-0.15, -0.1) is 5.11 Å². The van der Waals surface area contributed by atoms with E-state index in [1.807, 2.05) is 0 Å². The monoisotopic (exact) mass is 320 g/mol. The molecule has 0 saturated heterocycles. The van der Waals surface area contributed by atoms with Crippen molar-refractivity contribution in [3.05, 3.63) is 39.0 Å². The van der Waals surface area contributed by atoms with Gasteiger partial charge in [-0.3, -0.25) is 0 Å². The van der Waals surface area contributed by atoms with Crippen LogP contribution in [-0.4, -0.2) is 12.6 Å². The lowest BCUT2D eigenvalue weighted by Gasteiger charge is -2.01. The van der Waals surface area contributed by atoms with Crippen LogP contribution >= 0.6 is 34.8 Å². The van der Waals surface area contributed by atoms with E-state index >= 15 is 0 Å². The first-order valence-electron chi connectivity index (χ1n) is 5.35. The summed E-state index contributed by atoms with van der Waals surface area (Å²) in [4.78, 5) is 11.2. The zero-order chi connectivity index (χ0) is 14.4. The molecule has 0 amide bonds. The van der Waals surface area contributed by atoms with E-state index in [0.29, 0.717) is 23.0 Å². The average Bonchev–Trinajstić information content (AvgIpc) is 2.27. The Bertz CT molecular complexity index is 519. The van der Waals surface area contributed by atoms with Gasteiger partial charge >= 0.3 is 5.97 Å². The van der Waals surface area contributed by atoms with Gasteiger partial charge in [0.25, 0.3) is 0 Å². The maximum Gasteiger partial charge on any atom is 0.332 e. The Morgan fingerprint density at radius 1 is 1.32 bits per heavy atom. The van der Waals surface area contributed by atoms with Gasteiger partial charge in [0.2, 0.25) is 0 Å². The zero-order valence-corrected chi connectivity index (χ0v) is 12.6. The van der Waals surface area contributed by atoms with Crippen LogP contribution in [-0.2, 0) is 9.53 Å². The second-order valence-electron chi connectivity index (χ2n) is 3.46. The summed E-state index contributed by atoms with van der Waals surface area (Å²) in [6, 6.07) is 3.02. The Balaban J connectivity index is 2.91. The van der Waals surface area contributed by atoms with Crippen molar-refractivity contribution in [2.75, 3.05) is 6.61 Å². The number of hydrogen-bond donors (Lipinski definition) is 0. The lowest BCUT2D eigenvalue weighted by Crippen LogP contribution is -1.99. The van der Waals surface area contributed by atoms with Crippen molar-refractivity contribution < 1.29 is 9.53 Å². The van der Waals surface area contributed by atoms with Gasteiger partial charge in [-0.1, -0.05) is 34.8 Å². The van der Waals surface area contributed by atoms with Crippen LogP contribution in [0.4, 0.5) is 5.69 Å². The fourth-order valence-corrected chi connectivity index (χ4v) is 2.03. The highest BCUT2D eigenvalue weighted by molar-refractivity contribution is 6.41. The van der Waals surface area contributed by atoms with Crippen molar-refractivity contribution in [3.8, 4) is 0 Å². The zero-order valence-electron chi connectivity index (χ0n) is 10.3. The number of allylic oxidation sites excluding steroid dienone is 1. The minimum absolute atomic E-state index is 0.283. The van der Waals surface area contributed by atoms with Gasteiger partial charge in [0.15, 0.2) is 0 Å². The number of hydrogen-bond acceptors (Lipinski definition) is 4. The van der Waals surface area contributed by atoms with Gasteiger partial charge in [0.05, 0.1) is 22.3 Å². The molecule has 1 rings (SSSR count). The van der Waals surface area contributed by atoms with Crippen LogP contribution in [0.3, 0.4) is 0 Å². The third kappa shape index (κ3) is 5.19. The van der Waals surface area contributed by atoms with E-state index in [0.717, 1.165) is 0 Å². The van der Waals surface area contributed by atoms with E-state index in [4.69, 9.17) is 39.5 Å². The average molecular weight is 322 g/mol. The van der Waals surface area contributed by atoms with Crippen LogP contribution in [0.15, 0.2) is 34.1 Å². The number of carbonyl (C=O) groups is 1. The first-order valence-corrected chi connectivity index (χ1v) is 6.48. The predicted molar refractivity (Wildman–Crippen MR) is 76.4 cm³/mol. The number of benzene rings is 1. The van der Waals surface area contributed by atoms with E-state index in [9.17, 15) is 4.79 Å². The van der Waals surface area contributed by atoms with E-state index in [1.165, 1.54) is 18.2 Å². The van der Waals surface area contributed by atoms with Crippen LogP contribution < -0.4 is 0 Å². The largest absolute Gasteiger partial charge is 0.463 e. The third-order valence-electron chi connectivity index (χ3n) is 1.90. The van der Waals surface area contributed by atoms with E-state index in [2.05, 4.69) is 10.2 Å². The molecule has 0 aliphatic carbocycles. The summed E-state index contributed by atoms with van der Waals surface area (Å²) in [5, 5.41) is 8.70. The molecule has 0 unspecified atom stereocenters. The molecule has 0 spiro atoms. The van der Waals surface area contributed by atoms with Gasteiger partial charge in [-0.05, 0) is 26.0 Å². The molecular formula is C12H11Cl3N2O2. The van der Waals surface area contributed by atoms with Crippen LogP contribution in [0.25, 0.3) is 0 Å². The Hall–Kier alpha value is -1.10. The standard InChI is InChI=1S/C12H11Cl3N2O2/c1-3-19-11(18)4-7(2)16-17-12-9(14)5-8(13)6-10(12)15/h4-6H,3H2,1-2H3/b7-4+,17-16?. The highest BCUT2D eigenvalue weighted by Gasteiger charge is 2.07. The number of carbonyl (C=O) groups excluding carboxylic acids is 1. The number of nitrogens with zero attached hydrogens (tertiary/aromatic N) is 2. The third-order valence-corrected chi connectivity index (χ3v) is 2.70. The molecule has 0 aromatic heterocycles. The van der Waals surface area contributed by atoms with Crippen LogP contribution in [0.5, 0.6) is 0 Å². The molecule has 0 atom stereocenters. The van der Waals surface area contributed by atoms with Gasteiger partial charge < -0.3 is 4.74 Å². The summed E-state index contributed by atoms with van der Waals surface area (Å²) in [6.07, 6.45) is 1.23. The molecular weight excluding hydrogens is 311 g/mol. The lowest BCUT2D eigenvalue weighted by atomic mass is 10.3. The summed E-state index contributed by atoms with van der Waals surface area (Å²) in [6.45, 7) is 3.63. The summed E-state index contributed by atoms with van der Waals surface area (Å²) in [7, 11) is 0. The molecule has 0 aliphatic rings. The number of ether oxygens (including phenoxy) is 1. The van der Waals surface area contributed by atoms with Gasteiger partial charge in [-0.2, -0.15) is 5.11 Å². The second-order valence-corrected chi connectivity index (χ2v) is 4.71. The minimum atomic E-state index is -0.479. The fourth-order valence-electron chi connectivity index (χ4n) is 1.14. The Morgan fingerprint density at radius 2 is 1.89 bits per heavy atom. The van der Waals surface area contributed by atoms with Gasteiger partial charge in [-0.25, -0.2) is 4.79 Å². The van der Waals surface area contributed by atoms with Crippen molar-refractivity contribution in [1.29, 1.82) is 0 Å². The van der Waals surface area contributed by atoms with Crippen molar-refractivity contribution in [2.24, 2.45) is 10.2 Å². The van der Waals surface area contributed by atoms with E-state index < -0.39 is 5.97 Å². The lowest BCUT2D eigenvalue weighted by molar-refractivity contribution is -0.137. The van der Waals surface area contributed by atoms with Crippen LogP contribution in [0.1, 0.15) is 13.8 Å². The minimum Gasteiger partial charge on any atom is -0.463 e. The summed E-state index contributed by atoms with van der Waals surface area (Å²) < 4.78 is 4.74. The molecule has 0 heterocycles. The van der Waals surface area contributed by atoms with Crippen molar-refractivity contribution in [1.82, 2.24) is 0 Å².